The molecule has 1 aromatic carbocycles. The maximum atomic E-state index is 12.0. The van der Waals surface area contributed by atoms with Crippen LogP contribution < -0.4 is 4.74 Å². The maximum Gasteiger partial charge on any atom is 0.387 e. The number of halogens is 3. The Morgan fingerprint density at radius 3 is 2.67 bits per heavy atom. The number of ether oxygens (including phenoxy) is 1. The normalized spacial score (nSPS) is 10.7. The molecule has 84 valence electrons. The molecule has 0 aliphatic rings. The van der Waals surface area contributed by atoms with Gasteiger partial charge in [-0.3, -0.25) is 0 Å². The average Bonchev–Trinajstić information content (AvgIpc) is 2.18. The van der Waals surface area contributed by atoms with E-state index in [-0.39, 0.29) is 5.75 Å². The molecule has 15 heavy (non-hydrogen) atoms. The topological polar surface area (TPSA) is 9.23 Å². The molecule has 0 spiro atoms. The first-order valence-electron chi connectivity index (χ1n) is 4.74. The summed E-state index contributed by atoms with van der Waals surface area (Å²) in [5.74, 6) is 0.841. The van der Waals surface area contributed by atoms with Crippen LogP contribution in [0.4, 0.5) is 8.78 Å². The molecule has 0 bridgehead atoms. The smallest absolute Gasteiger partial charge is 0.387 e. The molecule has 0 aliphatic heterocycles. The molecular weight excluding hydrogens is 222 g/mol. The number of aryl methyl sites for hydroxylation is 2. The Morgan fingerprint density at radius 1 is 1.40 bits per heavy atom. The average molecular weight is 235 g/mol. The van der Waals surface area contributed by atoms with Crippen molar-refractivity contribution in [2.45, 2.75) is 26.4 Å². The molecule has 0 amide bonds. The van der Waals surface area contributed by atoms with Crippen molar-refractivity contribution >= 4 is 11.6 Å². The maximum absolute atomic E-state index is 12.0. The predicted octanol–water partition coefficient (Wildman–Crippen LogP) is 3.77. The first-order valence-corrected chi connectivity index (χ1v) is 5.27. The largest absolute Gasteiger partial charge is 0.435 e. The summed E-state index contributed by atoms with van der Waals surface area (Å²) in [5.41, 5.74) is 1.82. The van der Waals surface area contributed by atoms with E-state index in [9.17, 15) is 8.78 Å². The highest BCUT2D eigenvalue weighted by Crippen LogP contribution is 2.21. The van der Waals surface area contributed by atoms with E-state index in [2.05, 4.69) is 4.74 Å². The molecule has 0 aliphatic carbocycles. The fraction of sp³-hybridized carbons (Fsp3) is 0.455. The Balaban J connectivity index is 2.70. The second-order valence-electron chi connectivity index (χ2n) is 3.27. The van der Waals surface area contributed by atoms with Gasteiger partial charge in [0, 0.05) is 5.88 Å². The fourth-order valence-corrected chi connectivity index (χ4v) is 1.50. The van der Waals surface area contributed by atoms with Gasteiger partial charge in [-0.25, -0.2) is 0 Å². The third kappa shape index (κ3) is 4.04. The predicted molar refractivity (Wildman–Crippen MR) is 56.9 cm³/mol. The van der Waals surface area contributed by atoms with E-state index in [1.807, 2.05) is 6.07 Å². The fourth-order valence-electron chi connectivity index (χ4n) is 1.37. The van der Waals surface area contributed by atoms with E-state index < -0.39 is 6.61 Å². The lowest BCUT2D eigenvalue weighted by Crippen LogP contribution is -2.03. The van der Waals surface area contributed by atoms with Gasteiger partial charge in [0.1, 0.15) is 5.75 Å². The number of rotatable bonds is 5. The third-order valence-electron chi connectivity index (χ3n) is 2.05. The zero-order valence-corrected chi connectivity index (χ0v) is 9.23. The molecule has 0 saturated heterocycles. The van der Waals surface area contributed by atoms with Crippen LogP contribution in [-0.4, -0.2) is 12.5 Å². The molecule has 4 heteroatoms. The summed E-state index contributed by atoms with van der Waals surface area (Å²) >= 11 is 5.57. The van der Waals surface area contributed by atoms with Gasteiger partial charge in [0.2, 0.25) is 0 Å². The highest BCUT2D eigenvalue weighted by molar-refractivity contribution is 6.17. The molecule has 1 rings (SSSR count). The van der Waals surface area contributed by atoms with E-state index in [1.54, 1.807) is 19.1 Å². The SMILES string of the molecule is Cc1cc(CCCCl)ccc1OC(F)F. The van der Waals surface area contributed by atoms with Crippen molar-refractivity contribution < 1.29 is 13.5 Å². The molecule has 0 aromatic heterocycles. The number of alkyl halides is 3. The van der Waals surface area contributed by atoms with Crippen LogP contribution in [-0.2, 0) is 6.42 Å². The van der Waals surface area contributed by atoms with Crippen LogP contribution in [0.5, 0.6) is 5.75 Å². The van der Waals surface area contributed by atoms with Gasteiger partial charge in [0.25, 0.3) is 0 Å². The Kier molecular flexibility index (Phi) is 4.82. The quantitative estimate of drug-likeness (QED) is 0.705. The van der Waals surface area contributed by atoms with Gasteiger partial charge < -0.3 is 4.74 Å². The zero-order valence-electron chi connectivity index (χ0n) is 8.47. The standard InChI is InChI=1S/C11H13ClF2O/c1-8-7-9(3-2-6-12)4-5-10(8)15-11(13)14/h4-5,7,11H,2-3,6H2,1H3. The van der Waals surface area contributed by atoms with Crippen molar-refractivity contribution in [2.75, 3.05) is 5.88 Å². The highest BCUT2D eigenvalue weighted by Gasteiger charge is 2.07. The van der Waals surface area contributed by atoms with Crippen molar-refractivity contribution in [2.24, 2.45) is 0 Å². The molecule has 0 saturated carbocycles. The van der Waals surface area contributed by atoms with E-state index in [0.717, 1.165) is 24.0 Å². The Labute approximate surface area is 93.0 Å². The van der Waals surface area contributed by atoms with Crippen LogP contribution >= 0.6 is 11.6 Å². The Bertz CT molecular complexity index is 315. The first-order chi connectivity index (χ1) is 7.13. The van der Waals surface area contributed by atoms with Crippen LogP contribution in [0.2, 0.25) is 0 Å². The van der Waals surface area contributed by atoms with Gasteiger partial charge >= 0.3 is 6.61 Å². The van der Waals surface area contributed by atoms with Crippen LogP contribution in [0.3, 0.4) is 0 Å². The number of hydrogen-bond donors (Lipinski definition) is 0. The Hall–Kier alpha value is -0.830. The van der Waals surface area contributed by atoms with Crippen molar-refractivity contribution in [1.29, 1.82) is 0 Å². The summed E-state index contributed by atoms with van der Waals surface area (Å²) < 4.78 is 28.3. The molecule has 0 N–H and O–H groups in total. The molecule has 0 unspecified atom stereocenters. The number of benzene rings is 1. The zero-order chi connectivity index (χ0) is 11.3. The second-order valence-corrected chi connectivity index (χ2v) is 3.65. The van der Waals surface area contributed by atoms with Crippen LogP contribution in [0, 0.1) is 6.92 Å². The van der Waals surface area contributed by atoms with Gasteiger partial charge in [-0.05, 0) is 37.0 Å². The van der Waals surface area contributed by atoms with E-state index in [0.29, 0.717) is 5.88 Å². The molecule has 0 fully saturated rings. The van der Waals surface area contributed by atoms with Crippen LogP contribution in [0.15, 0.2) is 18.2 Å². The van der Waals surface area contributed by atoms with E-state index >= 15 is 0 Å². The van der Waals surface area contributed by atoms with Gasteiger partial charge in [-0.2, -0.15) is 8.78 Å². The Morgan fingerprint density at radius 2 is 2.13 bits per heavy atom. The monoisotopic (exact) mass is 234 g/mol. The molecule has 0 atom stereocenters. The van der Waals surface area contributed by atoms with E-state index in [4.69, 9.17) is 11.6 Å². The van der Waals surface area contributed by atoms with E-state index in [1.165, 1.54) is 0 Å². The van der Waals surface area contributed by atoms with Crippen molar-refractivity contribution in [3.63, 3.8) is 0 Å². The second kappa shape index (κ2) is 5.91. The van der Waals surface area contributed by atoms with Gasteiger partial charge in [0.15, 0.2) is 0 Å². The van der Waals surface area contributed by atoms with Gasteiger partial charge in [-0.15, -0.1) is 11.6 Å². The van der Waals surface area contributed by atoms with Crippen molar-refractivity contribution in [3.05, 3.63) is 29.3 Å². The molecule has 1 aromatic rings. The minimum absolute atomic E-state index is 0.236. The van der Waals surface area contributed by atoms with Gasteiger partial charge in [0.05, 0.1) is 0 Å². The summed E-state index contributed by atoms with van der Waals surface area (Å²) in [7, 11) is 0. The summed E-state index contributed by atoms with van der Waals surface area (Å²) in [5, 5.41) is 0. The minimum Gasteiger partial charge on any atom is -0.435 e. The summed E-state index contributed by atoms with van der Waals surface area (Å²) in [4.78, 5) is 0. The molecule has 0 heterocycles. The minimum atomic E-state index is -2.77. The third-order valence-corrected chi connectivity index (χ3v) is 2.32. The lowest BCUT2D eigenvalue weighted by molar-refractivity contribution is -0.0503. The lowest BCUT2D eigenvalue weighted by atomic mass is 10.1. The van der Waals surface area contributed by atoms with Crippen molar-refractivity contribution in [1.82, 2.24) is 0 Å². The summed E-state index contributed by atoms with van der Waals surface area (Å²) in [6, 6.07) is 5.21. The lowest BCUT2D eigenvalue weighted by Gasteiger charge is -2.09. The summed E-state index contributed by atoms with van der Waals surface area (Å²) in [6.45, 7) is -1.01. The molecule has 0 radical (unpaired) electrons. The molecule has 1 nitrogen and oxygen atoms in total. The number of hydrogen-bond acceptors (Lipinski definition) is 1. The molecular formula is C11H13ClF2O. The first kappa shape index (κ1) is 12.2. The van der Waals surface area contributed by atoms with Gasteiger partial charge in [-0.1, -0.05) is 12.1 Å². The summed E-state index contributed by atoms with van der Waals surface area (Å²) in [6.07, 6.45) is 1.75. The van der Waals surface area contributed by atoms with Crippen LogP contribution in [0.1, 0.15) is 17.5 Å². The highest BCUT2D eigenvalue weighted by atomic mass is 35.5. The van der Waals surface area contributed by atoms with Crippen LogP contribution in [0.25, 0.3) is 0 Å². The van der Waals surface area contributed by atoms with Crippen molar-refractivity contribution in [3.8, 4) is 5.75 Å².